The Kier molecular flexibility index (Phi) is 4.62. The van der Waals surface area contributed by atoms with E-state index in [1.807, 2.05) is 12.1 Å². The van der Waals surface area contributed by atoms with Gasteiger partial charge >= 0.3 is 6.18 Å². The van der Waals surface area contributed by atoms with Crippen LogP contribution in [-0.4, -0.2) is 21.0 Å². The number of thioether (sulfide) groups is 1. The number of nitrogens with zero attached hydrogens (tertiary/aromatic N) is 2. The van der Waals surface area contributed by atoms with Gasteiger partial charge in [0.1, 0.15) is 5.69 Å². The molecule has 1 aromatic carbocycles. The molecule has 0 unspecified atom stereocenters. The third-order valence-corrected chi connectivity index (χ3v) is 4.93. The molecule has 126 valence electrons. The monoisotopic (exact) mass is 352 g/mol. The minimum Gasteiger partial charge on any atom is -0.293 e. The molecule has 3 rings (SSSR count). The van der Waals surface area contributed by atoms with Crippen LogP contribution in [0.15, 0.2) is 35.6 Å². The number of hydrogen-bond donors (Lipinski definition) is 0. The van der Waals surface area contributed by atoms with Gasteiger partial charge in [-0.3, -0.25) is 4.79 Å². The number of Topliss-reactive ketones (excluding diaryl/α,β-unsaturated/α-hetero) is 1. The zero-order chi connectivity index (χ0) is 17.3. The molecule has 1 aliphatic carbocycles. The zero-order valence-electron chi connectivity index (χ0n) is 12.9. The number of hydrogen-bond acceptors (Lipinski definition) is 4. The highest BCUT2D eigenvalue weighted by Gasteiger charge is 2.33. The lowest BCUT2D eigenvalue weighted by molar-refractivity contribution is -0.141. The second kappa shape index (κ2) is 6.55. The van der Waals surface area contributed by atoms with E-state index in [4.69, 9.17) is 0 Å². The lowest BCUT2D eigenvalue weighted by Gasteiger charge is -2.11. The summed E-state index contributed by atoms with van der Waals surface area (Å²) in [6.07, 6.45) is -0.369. The molecule has 1 atom stereocenters. The summed E-state index contributed by atoms with van der Waals surface area (Å²) in [5, 5.41) is -0.611. The predicted octanol–water partition coefficient (Wildman–Crippen LogP) is 4.35. The number of benzene rings is 1. The summed E-state index contributed by atoms with van der Waals surface area (Å²) in [6.45, 7) is 1.66. The molecule has 0 spiro atoms. The summed E-state index contributed by atoms with van der Waals surface area (Å²) >= 11 is 0.938. The molecule has 2 aromatic rings. The molecule has 0 saturated heterocycles. The molecule has 1 heterocycles. The van der Waals surface area contributed by atoms with Crippen molar-refractivity contribution in [1.29, 1.82) is 0 Å². The molecular formula is C17H15F3N2OS. The second-order valence-electron chi connectivity index (χ2n) is 5.68. The number of aryl methyl sites for hydroxylation is 2. The highest BCUT2D eigenvalue weighted by atomic mass is 32.2. The van der Waals surface area contributed by atoms with E-state index in [9.17, 15) is 18.0 Å². The van der Waals surface area contributed by atoms with Gasteiger partial charge in [0.25, 0.3) is 0 Å². The molecule has 0 aliphatic heterocycles. The molecule has 0 radical (unpaired) electrons. The van der Waals surface area contributed by atoms with Crippen molar-refractivity contribution in [2.45, 2.75) is 42.8 Å². The van der Waals surface area contributed by atoms with Crippen LogP contribution < -0.4 is 0 Å². The van der Waals surface area contributed by atoms with E-state index >= 15 is 0 Å². The fourth-order valence-corrected chi connectivity index (χ4v) is 3.56. The van der Waals surface area contributed by atoms with Gasteiger partial charge in [-0.25, -0.2) is 9.97 Å². The fourth-order valence-electron chi connectivity index (χ4n) is 2.73. The quantitative estimate of drug-likeness (QED) is 0.466. The van der Waals surface area contributed by atoms with Crippen LogP contribution in [-0.2, 0) is 19.0 Å². The van der Waals surface area contributed by atoms with Gasteiger partial charge in [-0.1, -0.05) is 23.9 Å². The summed E-state index contributed by atoms with van der Waals surface area (Å²) in [7, 11) is 0. The lowest BCUT2D eigenvalue weighted by atomic mass is 10.0. The number of aromatic nitrogens is 2. The van der Waals surface area contributed by atoms with Crippen molar-refractivity contribution in [2.75, 3.05) is 0 Å². The number of carbonyl (C=O) groups excluding carboxylic acids is 1. The van der Waals surface area contributed by atoms with Crippen LogP contribution in [0.4, 0.5) is 13.2 Å². The maximum Gasteiger partial charge on any atom is 0.433 e. The van der Waals surface area contributed by atoms with Gasteiger partial charge in [-0.2, -0.15) is 13.2 Å². The Morgan fingerprint density at radius 1 is 1.21 bits per heavy atom. The van der Waals surface area contributed by atoms with Crippen LogP contribution in [0.5, 0.6) is 0 Å². The maximum atomic E-state index is 12.7. The van der Waals surface area contributed by atoms with Crippen molar-refractivity contribution < 1.29 is 18.0 Å². The Bertz CT molecular complexity index is 777. The number of halogens is 3. The molecule has 0 fully saturated rings. The van der Waals surface area contributed by atoms with Gasteiger partial charge in [0.15, 0.2) is 10.9 Å². The molecule has 3 nitrogen and oxygen atoms in total. The molecule has 0 bridgehead atoms. The first-order valence-electron chi connectivity index (χ1n) is 7.57. The van der Waals surface area contributed by atoms with Crippen LogP contribution in [0.3, 0.4) is 0 Å². The number of fused-ring (bicyclic) bond motifs is 1. The van der Waals surface area contributed by atoms with Crippen molar-refractivity contribution in [1.82, 2.24) is 9.97 Å². The first-order chi connectivity index (χ1) is 11.3. The van der Waals surface area contributed by atoms with Gasteiger partial charge in [0, 0.05) is 11.8 Å². The van der Waals surface area contributed by atoms with E-state index in [0.29, 0.717) is 5.56 Å². The van der Waals surface area contributed by atoms with Crippen molar-refractivity contribution in [3.63, 3.8) is 0 Å². The molecule has 1 aliphatic rings. The topological polar surface area (TPSA) is 42.9 Å². The molecule has 0 amide bonds. The lowest BCUT2D eigenvalue weighted by Crippen LogP contribution is -2.15. The fraction of sp³-hybridized carbons (Fsp3) is 0.353. The Hall–Kier alpha value is -1.89. The van der Waals surface area contributed by atoms with Gasteiger partial charge < -0.3 is 0 Å². The van der Waals surface area contributed by atoms with Gasteiger partial charge in [-0.15, -0.1) is 0 Å². The van der Waals surface area contributed by atoms with Crippen LogP contribution in [0.25, 0.3) is 0 Å². The normalized spacial score (nSPS) is 15.2. The summed E-state index contributed by atoms with van der Waals surface area (Å²) < 4.78 is 38.1. The molecule has 0 N–H and O–H groups in total. The summed E-state index contributed by atoms with van der Waals surface area (Å²) in [5.41, 5.74) is 2.04. The van der Waals surface area contributed by atoms with Crippen molar-refractivity contribution in [3.8, 4) is 0 Å². The van der Waals surface area contributed by atoms with Gasteiger partial charge in [-0.05, 0) is 49.4 Å². The van der Waals surface area contributed by atoms with Gasteiger partial charge in [0.05, 0.1) is 5.25 Å². The molecular weight excluding hydrogens is 337 g/mol. The smallest absolute Gasteiger partial charge is 0.293 e. The average Bonchev–Trinajstić information content (AvgIpc) is 3.01. The van der Waals surface area contributed by atoms with Gasteiger partial charge in [0.2, 0.25) is 0 Å². The molecule has 0 saturated carbocycles. The van der Waals surface area contributed by atoms with Crippen LogP contribution >= 0.6 is 11.8 Å². The third kappa shape index (κ3) is 3.61. The maximum absolute atomic E-state index is 12.7. The molecule has 24 heavy (non-hydrogen) atoms. The minimum absolute atomic E-state index is 0.0492. The van der Waals surface area contributed by atoms with Crippen LogP contribution in [0.2, 0.25) is 0 Å². The van der Waals surface area contributed by atoms with Crippen molar-refractivity contribution >= 4 is 17.5 Å². The van der Waals surface area contributed by atoms with Crippen LogP contribution in [0, 0.1) is 0 Å². The number of carbonyl (C=O) groups is 1. The van der Waals surface area contributed by atoms with E-state index in [2.05, 4.69) is 9.97 Å². The van der Waals surface area contributed by atoms with E-state index in [-0.39, 0.29) is 10.9 Å². The summed E-state index contributed by atoms with van der Waals surface area (Å²) in [4.78, 5) is 19.9. The molecule has 7 heteroatoms. The van der Waals surface area contributed by atoms with Crippen LogP contribution in [0.1, 0.15) is 40.5 Å². The largest absolute Gasteiger partial charge is 0.433 e. The molecule has 1 aromatic heterocycles. The SMILES string of the molecule is C[C@H](Sc1nccc(C(F)(F)F)n1)C(=O)c1ccc2c(c1)CCC2. The minimum atomic E-state index is -4.52. The summed E-state index contributed by atoms with van der Waals surface area (Å²) in [5.74, 6) is -0.129. The average molecular weight is 352 g/mol. The highest BCUT2D eigenvalue weighted by Crippen LogP contribution is 2.30. The number of rotatable bonds is 4. The predicted molar refractivity (Wildman–Crippen MR) is 85.2 cm³/mol. The summed E-state index contributed by atoms with van der Waals surface area (Å²) in [6, 6.07) is 6.47. The standard InChI is InChI=1S/C17H15F3N2OS/c1-10(24-16-21-8-7-14(22-16)17(18,19)20)15(23)13-6-5-11-3-2-4-12(11)9-13/h5-10H,2-4H2,1H3/t10-/m0/s1. The van der Waals surface area contributed by atoms with Crippen molar-refractivity contribution in [2.24, 2.45) is 0 Å². The second-order valence-corrected chi connectivity index (χ2v) is 6.99. The zero-order valence-corrected chi connectivity index (χ0v) is 13.7. The highest BCUT2D eigenvalue weighted by molar-refractivity contribution is 8.00. The first-order valence-corrected chi connectivity index (χ1v) is 8.45. The first kappa shape index (κ1) is 17.0. The Balaban J connectivity index is 1.75. The Morgan fingerprint density at radius 3 is 2.71 bits per heavy atom. The number of ketones is 1. The van der Waals surface area contributed by atoms with E-state index in [1.165, 1.54) is 11.1 Å². The van der Waals surface area contributed by atoms with E-state index in [1.54, 1.807) is 13.0 Å². The van der Waals surface area contributed by atoms with E-state index in [0.717, 1.165) is 43.3 Å². The third-order valence-electron chi connectivity index (χ3n) is 3.96. The Labute approximate surface area is 141 Å². The Morgan fingerprint density at radius 2 is 1.96 bits per heavy atom. The number of alkyl halides is 3. The van der Waals surface area contributed by atoms with E-state index < -0.39 is 17.1 Å². The van der Waals surface area contributed by atoms with Crippen molar-refractivity contribution in [3.05, 3.63) is 52.8 Å².